The third-order valence-corrected chi connectivity index (χ3v) is 4.16. The topological polar surface area (TPSA) is 42.7 Å². The number of ether oxygens (including phenoxy) is 1. The monoisotopic (exact) mass is 349 g/mol. The smallest absolute Gasteiger partial charge is 0.246 e. The lowest BCUT2D eigenvalue weighted by molar-refractivity contribution is -0.125. The molecule has 134 valence electrons. The predicted molar refractivity (Wildman–Crippen MR) is 104 cm³/mol. The predicted octanol–water partition coefficient (Wildman–Crippen LogP) is 4.89. The summed E-state index contributed by atoms with van der Waals surface area (Å²) in [5.74, 6) is 1.40. The van der Waals surface area contributed by atoms with Gasteiger partial charge in [-0.1, -0.05) is 37.3 Å². The number of rotatable bonds is 7. The highest BCUT2D eigenvalue weighted by Gasteiger charge is 2.14. The molecule has 0 fully saturated rings. The van der Waals surface area contributed by atoms with Gasteiger partial charge in [0.25, 0.3) is 0 Å². The number of benzene rings is 2. The first-order valence-electron chi connectivity index (χ1n) is 8.79. The normalized spacial score (nSPS) is 11.2. The minimum Gasteiger partial charge on any atom is -0.493 e. The first-order valence-corrected chi connectivity index (χ1v) is 8.79. The summed E-state index contributed by atoms with van der Waals surface area (Å²) in [7, 11) is 1.79. The highest BCUT2D eigenvalue weighted by Crippen LogP contribution is 2.29. The minimum absolute atomic E-state index is 0.0872. The van der Waals surface area contributed by atoms with E-state index >= 15 is 0 Å². The van der Waals surface area contributed by atoms with Crippen molar-refractivity contribution in [2.45, 2.75) is 19.9 Å². The van der Waals surface area contributed by atoms with Crippen LogP contribution >= 0.6 is 0 Å². The Bertz CT molecular complexity index is 897. The number of furan rings is 1. The molecule has 0 N–H and O–H groups in total. The number of fused-ring (bicyclic) bond motifs is 1. The molecule has 4 nitrogen and oxygen atoms in total. The molecule has 1 amide bonds. The van der Waals surface area contributed by atoms with Gasteiger partial charge in [-0.25, -0.2) is 0 Å². The van der Waals surface area contributed by atoms with Crippen LogP contribution in [0.3, 0.4) is 0 Å². The van der Waals surface area contributed by atoms with Crippen molar-refractivity contribution in [1.82, 2.24) is 4.90 Å². The first-order chi connectivity index (χ1) is 12.7. The molecule has 3 rings (SSSR count). The Kier molecular flexibility index (Phi) is 5.74. The van der Waals surface area contributed by atoms with E-state index in [4.69, 9.17) is 9.15 Å². The molecule has 0 atom stereocenters. The standard InChI is InChI=1S/C22H23NO3/c1-3-14-26-21-12-10-17-7-4-5-9-19(17)20(21)16-23(2)22(24)13-11-18-8-6-15-25-18/h4-13,15H,3,14,16H2,1-2H3/b13-11+. The van der Waals surface area contributed by atoms with Crippen LogP contribution in [0.25, 0.3) is 16.8 Å². The lowest BCUT2D eigenvalue weighted by atomic mass is 10.0. The molecule has 3 aromatic rings. The molecule has 0 aliphatic rings. The molecule has 0 aliphatic heterocycles. The number of likely N-dealkylation sites (N-methyl/N-ethyl adjacent to an activating group) is 1. The Labute approximate surface area is 153 Å². The number of hydrogen-bond donors (Lipinski definition) is 0. The SMILES string of the molecule is CCCOc1ccc2ccccc2c1CN(C)C(=O)/C=C/c1ccco1. The fraction of sp³-hybridized carbons (Fsp3) is 0.227. The van der Waals surface area contributed by atoms with Gasteiger partial charge in [-0.05, 0) is 41.5 Å². The van der Waals surface area contributed by atoms with Gasteiger partial charge in [0.15, 0.2) is 0 Å². The van der Waals surface area contributed by atoms with Crippen LogP contribution in [-0.2, 0) is 11.3 Å². The lowest BCUT2D eigenvalue weighted by Crippen LogP contribution is -2.24. The average molecular weight is 349 g/mol. The van der Waals surface area contributed by atoms with Gasteiger partial charge in [0.1, 0.15) is 11.5 Å². The third kappa shape index (κ3) is 4.14. The largest absolute Gasteiger partial charge is 0.493 e. The number of amides is 1. The van der Waals surface area contributed by atoms with Crippen LogP contribution < -0.4 is 4.74 Å². The molecule has 0 aliphatic carbocycles. The Balaban J connectivity index is 1.84. The van der Waals surface area contributed by atoms with E-state index in [1.54, 1.807) is 30.4 Å². The van der Waals surface area contributed by atoms with Crippen molar-refractivity contribution in [3.05, 3.63) is 72.2 Å². The van der Waals surface area contributed by atoms with Crippen molar-refractivity contribution in [3.8, 4) is 5.75 Å². The number of carbonyl (C=O) groups is 1. The minimum atomic E-state index is -0.0872. The summed E-state index contributed by atoms with van der Waals surface area (Å²) in [6.45, 7) is 3.21. The first kappa shape index (κ1) is 17.8. The van der Waals surface area contributed by atoms with Crippen LogP contribution in [0.4, 0.5) is 0 Å². The maximum Gasteiger partial charge on any atom is 0.246 e. The fourth-order valence-corrected chi connectivity index (χ4v) is 2.81. The van der Waals surface area contributed by atoms with Gasteiger partial charge < -0.3 is 14.1 Å². The second-order valence-corrected chi connectivity index (χ2v) is 6.15. The van der Waals surface area contributed by atoms with Crippen LogP contribution in [0.5, 0.6) is 5.75 Å². The number of nitrogens with zero attached hydrogens (tertiary/aromatic N) is 1. The summed E-state index contributed by atoms with van der Waals surface area (Å²) in [5, 5.41) is 2.24. The molecule has 1 heterocycles. The Morgan fingerprint density at radius 1 is 1.15 bits per heavy atom. The van der Waals surface area contributed by atoms with E-state index in [1.807, 2.05) is 24.3 Å². The Morgan fingerprint density at radius 3 is 2.77 bits per heavy atom. The van der Waals surface area contributed by atoms with Crippen LogP contribution in [0.2, 0.25) is 0 Å². The van der Waals surface area contributed by atoms with Gasteiger partial charge in [-0.3, -0.25) is 4.79 Å². The van der Waals surface area contributed by atoms with Gasteiger partial charge in [-0.2, -0.15) is 0 Å². The number of hydrogen-bond acceptors (Lipinski definition) is 3. The maximum absolute atomic E-state index is 12.5. The second kappa shape index (κ2) is 8.39. The summed E-state index contributed by atoms with van der Waals surface area (Å²) in [6.07, 6.45) is 5.72. The van der Waals surface area contributed by atoms with Gasteiger partial charge in [0, 0.05) is 25.2 Å². The van der Waals surface area contributed by atoms with E-state index in [0.29, 0.717) is 18.9 Å². The van der Waals surface area contributed by atoms with E-state index in [9.17, 15) is 4.79 Å². The van der Waals surface area contributed by atoms with E-state index in [0.717, 1.165) is 28.5 Å². The summed E-state index contributed by atoms with van der Waals surface area (Å²) < 4.78 is 11.1. The van der Waals surface area contributed by atoms with E-state index in [-0.39, 0.29) is 5.91 Å². The molecule has 0 saturated heterocycles. The number of carbonyl (C=O) groups excluding carboxylic acids is 1. The summed E-state index contributed by atoms with van der Waals surface area (Å²) in [6, 6.07) is 15.8. The molecule has 4 heteroatoms. The quantitative estimate of drug-likeness (QED) is 0.570. The van der Waals surface area contributed by atoms with Crippen LogP contribution in [-0.4, -0.2) is 24.5 Å². The molecular formula is C22H23NO3. The van der Waals surface area contributed by atoms with Crippen molar-refractivity contribution >= 4 is 22.8 Å². The zero-order chi connectivity index (χ0) is 18.4. The van der Waals surface area contributed by atoms with Gasteiger partial charge in [0.2, 0.25) is 5.91 Å². The van der Waals surface area contributed by atoms with E-state index < -0.39 is 0 Å². The molecule has 1 aromatic heterocycles. The summed E-state index contributed by atoms with van der Waals surface area (Å²) >= 11 is 0. The highest BCUT2D eigenvalue weighted by molar-refractivity contribution is 5.92. The Hall–Kier alpha value is -3.01. The van der Waals surface area contributed by atoms with E-state index in [2.05, 4.69) is 25.1 Å². The van der Waals surface area contributed by atoms with Crippen LogP contribution in [0.1, 0.15) is 24.7 Å². The fourth-order valence-electron chi connectivity index (χ4n) is 2.81. The second-order valence-electron chi connectivity index (χ2n) is 6.15. The summed E-state index contributed by atoms with van der Waals surface area (Å²) in [4.78, 5) is 14.1. The highest BCUT2D eigenvalue weighted by atomic mass is 16.5. The van der Waals surface area contributed by atoms with Crippen molar-refractivity contribution in [3.63, 3.8) is 0 Å². The van der Waals surface area contributed by atoms with Crippen LogP contribution in [0, 0.1) is 0 Å². The molecule has 0 unspecified atom stereocenters. The zero-order valence-electron chi connectivity index (χ0n) is 15.1. The van der Waals surface area contributed by atoms with Crippen LogP contribution in [0.15, 0.2) is 65.3 Å². The van der Waals surface area contributed by atoms with Gasteiger partial charge >= 0.3 is 0 Å². The summed E-state index contributed by atoms with van der Waals surface area (Å²) in [5.41, 5.74) is 1.03. The molecule has 26 heavy (non-hydrogen) atoms. The molecule has 0 radical (unpaired) electrons. The molecule has 0 bridgehead atoms. The van der Waals surface area contributed by atoms with E-state index in [1.165, 1.54) is 6.08 Å². The Morgan fingerprint density at radius 2 is 2.00 bits per heavy atom. The molecule has 0 spiro atoms. The lowest BCUT2D eigenvalue weighted by Gasteiger charge is -2.20. The molecule has 2 aromatic carbocycles. The maximum atomic E-state index is 12.5. The average Bonchev–Trinajstić information content (AvgIpc) is 3.19. The zero-order valence-corrected chi connectivity index (χ0v) is 15.1. The van der Waals surface area contributed by atoms with Crippen molar-refractivity contribution < 1.29 is 13.9 Å². The van der Waals surface area contributed by atoms with Crippen molar-refractivity contribution in [1.29, 1.82) is 0 Å². The third-order valence-electron chi connectivity index (χ3n) is 4.16. The molecule has 0 saturated carbocycles. The van der Waals surface area contributed by atoms with Gasteiger partial charge in [0.05, 0.1) is 12.9 Å². The molecular weight excluding hydrogens is 326 g/mol. The van der Waals surface area contributed by atoms with Crippen molar-refractivity contribution in [2.75, 3.05) is 13.7 Å². The van der Waals surface area contributed by atoms with Crippen molar-refractivity contribution in [2.24, 2.45) is 0 Å². The van der Waals surface area contributed by atoms with Gasteiger partial charge in [-0.15, -0.1) is 0 Å².